The van der Waals surface area contributed by atoms with Crippen LogP contribution in [0.1, 0.15) is 63.5 Å². The van der Waals surface area contributed by atoms with E-state index in [1.807, 2.05) is 42.5 Å². The molecule has 5 rings (SSSR count). The predicted octanol–water partition coefficient (Wildman–Crippen LogP) is 2.68. The average Bonchev–Trinajstić information content (AvgIpc) is 3.39. The van der Waals surface area contributed by atoms with Gasteiger partial charge in [-0.2, -0.15) is 0 Å². The normalized spacial score (nSPS) is 31.7. The van der Waals surface area contributed by atoms with E-state index in [1.165, 1.54) is 0 Å². The van der Waals surface area contributed by atoms with E-state index in [0.29, 0.717) is 45.3 Å². The van der Waals surface area contributed by atoms with Gasteiger partial charge in [0.15, 0.2) is 0 Å². The Balaban J connectivity index is 1.54. The summed E-state index contributed by atoms with van der Waals surface area (Å²) in [6.07, 6.45) is 10.1. The number of carbonyl (C=O) groups is 4. The molecule has 0 unspecified atom stereocenters. The van der Waals surface area contributed by atoms with Crippen molar-refractivity contribution in [2.75, 3.05) is 32.8 Å². The first-order valence-corrected chi connectivity index (χ1v) is 15.7. The summed E-state index contributed by atoms with van der Waals surface area (Å²) in [6.45, 7) is 3.53. The number of carbonyl (C=O) groups excluding carboxylic acids is 4. The van der Waals surface area contributed by atoms with Gasteiger partial charge in [0.25, 0.3) is 0 Å². The van der Waals surface area contributed by atoms with Gasteiger partial charge in [0.2, 0.25) is 17.7 Å². The van der Waals surface area contributed by atoms with Crippen molar-refractivity contribution in [3.8, 4) is 0 Å². The Hall–Kier alpha value is -3.50. The highest BCUT2D eigenvalue weighted by Gasteiger charge is 2.71. The average molecular weight is 594 g/mol. The molecule has 10 nitrogen and oxygen atoms in total. The molecule has 4 aliphatic rings. The van der Waals surface area contributed by atoms with E-state index in [0.717, 1.165) is 18.4 Å². The molecule has 4 heterocycles. The van der Waals surface area contributed by atoms with Gasteiger partial charge < -0.3 is 29.7 Å². The van der Waals surface area contributed by atoms with Crippen molar-refractivity contribution >= 4 is 23.7 Å². The summed E-state index contributed by atoms with van der Waals surface area (Å²) in [4.78, 5) is 58.6. The van der Waals surface area contributed by atoms with E-state index in [1.54, 1.807) is 22.0 Å². The summed E-state index contributed by atoms with van der Waals surface area (Å²) in [7, 11) is 0. The van der Waals surface area contributed by atoms with Gasteiger partial charge in [0.1, 0.15) is 23.7 Å². The second-order valence-electron chi connectivity index (χ2n) is 11.8. The van der Waals surface area contributed by atoms with Gasteiger partial charge in [-0.25, -0.2) is 0 Å². The number of cyclic esters (lactones) is 1. The number of esters is 1. The summed E-state index contributed by atoms with van der Waals surface area (Å²) in [5.74, 6) is -3.14. The molecule has 43 heavy (non-hydrogen) atoms. The number of aliphatic hydroxyl groups is 1. The topological polar surface area (TPSA) is 125 Å². The quantitative estimate of drug-likeness (QED) is 0.256. The van der Waals surface area contributed by atoms with Gasteiger partial charge in [0.05, 0.1) is 18.6 Å². The number of allylic oxidation sites excluding steroid dienone is 1. The Bertz CT molecular complexity index is 1230. The van der Waals surface area contributed by atoms with Crippen LogP contribution in [0.2, 0.25) is 0 Å². The molecule has 0 bridgehead atoms. The van der Waals surface area contributed by atoms with Crippen molar-refractivity contribution in [2.45, 2.75) is 75.7 Å². The molecule has 1 aromatic rings. The summed E-state index contributed by atoms with van der Waals surface area (Å²) < 4.78 is 12.8. The zero-order valence-electron chi connectivity index (χ0n) is 24.9. The standard InChI is InChI=1S/C33H43N3O7/c1-2-3-18-35-19-12-17-33-28(30(39)36(29(33)31(35)40)20-10-5-11-21-37)27-24(43-33)15-8-9-16-26(38)34-22-25(42-32(27)41)23-13-6-4-7-14-23/h4,6-8,12-15,17,24-25,27-29,37H,2-3,5,9-11,16,18-22H2,1H3,(H,34,38)/b15-8-/t24-,25+,27+,28+,29-,33+/m1/s1. The van der Waals surface area contributed by atoms with Crippen molar-refractivity contribution < 1.29 is 33.8 Å². The number of rotatable bonds is 9. The van der Waals surface area contributed by atoms with E-state index in [9.17, 15) is 24.3 Å². The first-order chi connectivity index (χ1) is 20.9. The van der Waals surface area contributed by atoms with Crippen molar-refractivity contribution in [3.63, 3.8) is 0 Å². The van der Waals surface area contributed by atoms with Gasteiger partial charge in [-0.3, -0.25) is 19.2 Å². The van der Waals surface area contributed by atoms with Gasteiger partial charge in [-0.05, 0) is 37.7 Å². The molecule has 2 saturated heterocycles. The van der Waals surface area contributed by atoms with Crippen LogP contribution in [0.25, 0.3) is 0 Å². The molecule has 6 atom stereocenters. The number of ether oxygens (including phenoxy) is 2. The molecule has 2 N–H and O–H groups in total. The van der Waals surface area contributed by atoms with E-state index in [2.05, 4.69) is 12.2 Å². The minimum atomic E-state index is -1.33. The fourth-order valence-electron chi connectivity index (χ4n) is 6.81. The lowest BCUT2D eigenvalue weighted by molar-refractivity contribution is -0.160. The molecule has 232 valence electrons. The predicted molar refractivity (Wildman–Crippen MR) is 158 cm³/mol. The molecule has 10 heteroatoms. The Morgan fingerprint density at radius 3 is 2.58 bits per heavy atom. The number of hydrogen-bond donors (Lipinski definition) is 2. The summed E-state index contributed by atoms with van der Waals surface area (Å²) >= 11 is 0. The maximum atomic E-state index is 14.4. The number of aliphatic hydroxyl groups excluding tert-OH is 1. The highest BCUT2D eigenvalue weighted by Crippen LogP contribution is 2.53. The molecule has 0 aromatic heterocycles. The number of nitrogens with zero attached hydrogens (tertiary/aromatic N) is 2. The third-order valence-corrected chi connectivity index (χ3v) is 8.97. The monoisotopic (exact) mass is 593 g/mol. The molecule has 2 fully saturated rings. The highest BCUT2D eigenvalue weighted by molar-refractivity contribution is 5.99. The summed E-state index contributed by atoms with van der Waals surface area (Å²) in [6, 6.07) is 8.30. The lowest BCUT2D eigenvalue weighted by Crippen LogP contribution is -2.55. The Labute approximate surface area is 253 Å². The maximum Gasteiger partial charge on any atom is 0.313 e. The number of unbranched alkanes of at least 4 members (excludes halogenated alkanes) is 3. The molecule has 0 radical (unpaired) electrons. The molecular weight excluding hydrogens is 550 g/mol. The number of likely N-dealkylation sites (tertiary alicyclic amines) is 1. The molecule has 4 aliphatic heterocycles. The van der Waals surface area contributed by atoms with E-state index in [-0.39, 0.29) is 37.3 Å². The molecule has 3 amide bonds. The molecule has 0 saturated carbocycles. The molecule has 0 aliphatic carbocycles. The minimum Gasteiger partial charge on any atom is -0.455 e. The highest BCUT2D eigenvalue weighted by atomic mass is 16.6. The second-order valence-corrected chi connectivity index (χ2v) is 11.8. The number of benzene rings is 1. The lowest BCUT2D eigenvalue weighted by Gasteiger charge is -2.35. The Morgan fingerprint density at radius 2 is 1.81 bits per heavy atom. The van der Waals surface area contributed by atoms with Crippen LogP contribution in [0, 0.1) is 11.8 Å². The van der Waals surface area contributed by atoms with Crippen LogP contribution in [0.4, 0.5) is 0 Å². The lowest BCUT2D eigenvalue weighted by atomic mass is 9.78. The van der Waals surface area contributed by atoms with Gasteiger partial charge in [-0.15, -0.1) is 0 Å². The van der Waals surface area contributed by atoms with Crippen molar-refractivity contribution in [1.82, 2.24) is 15.1 Å². The van der Waals surface area contributed by atoms with Crippen molar-refractivity contribution in [3.05, 3.63) is 60.2 Å². The Kier molecular flexibility index (Phi) is 9.97. The van der Waals surface area contributed by atoms with E-state index in [4.69, 9.17) is 9.47 Å². The first-order valence-electron chi connectivity index (χ1n) is 15.7. The molecule has 1 aromatic carbocycles. The number of hydrogen-bond acceptors (Lipinski definition) is 7. The van der Waals surface area contributed by atoms with Crippen LogP contribution in [-0.4, -0.2) is 89.1 Å². The number of amides is 3. The van der Waals surface area contributed by atoms with Crippen LogP contribution in [0.15, 0.2) is 54.6 Å². The van der Waals surface area contributed by atoms with Crippen molar-refractivity contribution in [2.24, 2.45) is 11.8 Å². The largest absolute Gasteiger partial charge is 0.455 e. The molecule has 1 spiro atoms. The summed E-state index contributed by atoms with van der Waals surface area (Å²) in [5.41, 5.74) is -0.604. The first kappa shape index (κ1) is 30.9. The third-order valence-electron chi connectivity index (χ3n) is 8.97. The van der Waals surface area contributed by atoms with Crippen LogP contribution in [-0.2, 0) is 28.7 Å². The van der Waals surface area contributed by atoms with Crippen LogP contribution < -0.4 is 5.32 Å². The van der Waals surface area contributed by atoms with E-state index >= 15 is 0 Å². The van der Waals surface area contributed by atoms with Crippen LogP contribution >= 0.6 is 0 Å². The third kappa shape index (κ3) is 6.26. The second kappa shape index (κ2) is 13.9. The summed E-state index contributed by atoms with van der Waals surface area (Å²) in [5, 5.41) is 12.1. The molecular formula is C33H43N3O7. The number of nitrogens with one attached hydrogen (secondary N) is 1. The van der Waals surface area contributed by atoms with Crippen LogP contribution in [0.3, 0.4) is 0 Å². The van der Waals surface area contributed by atoms with Gasteiger partial charge in [0, 0.05) is 32.7 Å². The maximum absolute atomic E-state index is 14.4. The zero-order valence-corrected chi connectivity index (χ0v) is 24.9. The fourth-order valence-corrected chi connectivity index (χ4v) is 6.81. The Morgan fingerprint density at radius 1 is 1.00 bits per heavy atom. The zero-order chi connectivity index (χ0) is 30.4. The van der Waals surface area contributed by atoms with Crippen LogP contribution in [0.5, 0.6) is 0 Å². The van der Waals surface area contributed by atoms with Gasteiger partial charge >= 0.3 is 5.97 Å². The van der Waals surface area contributed by atoms with E-state index < -0.39 is 41.7 Å². The fraction of sp³-hybridized carbons (Fsp3) is 0.576. The number of fused-ring (bicyclic) bond motifs is 2. The minimum absolute atomic E-state index is 0.0600. The van der Waals surface area contributed by atoms with Gasteiger partial charge in [-0.1, -0.05) is 68.0 Å². The van der Waals surface area contributed by atoms with Crippen molar-refractivity contribution in [1.29, 1.82) is 0 Å². The smallest absolute Gasteiger partial charge is 0.313 e. The SMILES string of the molecule is CCCCN1CC=C[C@]23O[C@@H]4/C=C\CCC(=O)NC[C@@H](c5ccccc5)OC(=O)[C@@H]4[C@H]2C(=O)N(CCCCCO)[C@@H]3C1=O.